The van der Waals surface area contributed by atoms with E-state index < -0.39 is 5.92 Å². The van der Waals surface area contributed by atoms with E-state index in [0.717, 1.165) is 12.0 Å². The van der Waals surface area contributed by atoms with Gasteiger partial charge in [0.25, 0.3) is 0 Å². The van der Waals surface area contributed by atoms with E-state index in [1.165, 1.54) is 0 Å². The third kappa shape index (κ3) is 1.74. The number of ether oxygens (including phenoxy) is 1. The van der Waals surface area contributed by atoms with Gasteiger partial charge in [0.2, 0.25) is 0 Å². The van der Waals surface area contributed by atoms with E-state index in [-0.39, 0.29) is 11.4 Å². The molecule has 80 valence electrons. The van der Waals surface area contributed by atoms with Gasteiger partial charge in [-0.3, -0.25) is 4.79 Å². The first-order valence-corrected chi connectivity index (χ1v) is 5.14. The monoisotopic (exact) mass is 206 g/mol. The summed E-state index contributed by atoms with van der Waals surface area (Å²) in [5.41, 5.74) is 0.241. The predicted molar refractivity (Wildman–Crippen MR) is 55.1 cm³/mol. The second-order valence-corrected chi connectivity index (χ2v) is 4.52. The van der Waals surface area contributed by atoms with Crippen molar-refractivity contribution in [3.63, 3.8) is 0 Å². The lowest BCUT2D eigenvalue weighted by Gasteiger charge is -2.32. The quantitative estimate of drug-likeness (QED) is 0.485. The Morgan fingerprint density at radius 3 is 2.93 bits per heavy atom. The Morgan fingerprint density at radius 2 is 2.27 bits per heavy atom. The van der Waals surface area contributed by atoms with Gasteiger partial charge in [-0.15, -0.1) is 0 Å². The molecule has 2 rings (SSSR count). The SMILES string of the molecule is CC1(C)C=CC2=C(CCC(C=O)C2=O)O1. The van der Waals surface area contributed by atoms with Gasteiger partial charge in [0.15, 0.2) is 5.78 Å². The van der Waals surface area contributed by atoms with Crippen LogP contribution in [0, 0.1) is 5.92 Å². The van der Waals surface area contributed by atoms with Crippen molar-refractivity contribution in [2.24, 2.45) is 5.92 Å². The molecule has 15 heavy (non-hydrogen) atoms. The Balaban J connectivity index is 2.32. The molecule has 0 radical (unpaired) electrons. The van der Waals surface area contributed by atoms with E-state index in [1.807, 2.05) is 19.9 Å². The highest BCUT2D eigenvalue weighted by molar-refractivity contribution is 6.07. The van der Waals surface area contributed by atoms with Crippen molar-refractivity contribution in [2.45, 2.75) is 32.3 Å². The highest BCUT2D eigenvalue weighted by Crippen LogP contribution is 2.34. The maximum Gasteiger partial charge on any atom is 0.176 e. The molecule has 0 bridgehead atoms. The molecule has 0 saturated heterocycles. The molecule has 0 spiro atoms. The molecule has 3 heteroatoms. The van der Waals surface area contributed by atoms with Gasteiger partial charge < -0.3 is 9.53 Å². The number of aldehydes is 1. The third-order valence-corrected chi connectivity index (χ3v) is 2.79. The van der Waals surface area contributed by atoms with Crippen molar-refractivity contribution in [1.82, 2.24) is 0 Å². The molecule has 0 aromatic carbocycles. The molecule has 0 fully saturated rings. The summed E-state index contributed by atoms with van der Waals surface area (Å²) in [5.74, 6) is 0.168. The summed E-state index contributed by atoms with van der Waals surface area (Å²) < 4.78 is 5.70. The zero-order valence-corrected chi connectivity index (χ0v) is 8.95. The van der Waals surface area contributed by atoms with E-state index in [9.17, 15) is 9.59 Å². The smallest absolute Gasteiger partial charge is 0.176 e. The van der Waals surface area contributed by atoms with E-state index >= 15 is 0 Å². The third-order valence-electron chi connectivity index (χ3n) is 2.79. The molecule has 1 atom stereocenters. The van der Waals surface area contributed by atoms with Crippen LogP contribution in [0.1, 0.15) is 26.7 Å². The Hall–Kier alpha value is -1.38. The summed E-state index contributed by atoms with van der Waals surface area (Å²) in [6.07, 6.45) is 5.64. The highest BCUT2D eigenvalue weighted by Gasteiger charge is 2.33. The predicted octanol–water partition coefficient (Wildman–Crippen LogP) is 1.78. The topological polar surface area (TPSA) is 43.4 Å². The van der Waals surface area contributed by atoms with Crippen molar-refractivity contribution >= 4 is 12.1 Å². The van der Waals surface area contributed by atoms with Gasteiger partial charge in [-0.05, 0) is 32.4 Å². The van der Waals surface area contributed by atoms with Gasteiger partial charge in [0.1, 0.15) is 17.6 Å². The first kappa shape index (κ1) is 10.1. The van der Waals surface area contributed by atoms with E-state index in [2.05, 4.69) is 0 Å². The second kappa shape index (κ2) is 3.33. The van der Waals surface area contributed by atoms with Crippen LogP contribution in [-0.2, 0) is 14.3 Å². The summed E-state index contributed by atoms with van der Waals surface area (Å²) in [6.45, 7) is 3.90. The summed E-state index contributed by atoms with van der Waals surface area (Å²) >= 11 is 0. The molecule has 0 N–H and O–H groups in total. The van der Waals surface area contributed by atoms with Crippen molar-refractivity contribution in [2.75, 3.05) is 0 Å². The van der Waals surface area contributed by atoms with Crippen molar-refractivity contribution in [3.8, 4) is 0 Å². The summed E-state index contributed by atoms with van der Waals surface area (Å²) in [7, 11) is 0. The number of carbonyl (C=O) groups is 2. The Labute approximate surface area is 88.8 Å². The molecule has 0 aromatic heterocycles. The molecule has 3 nitrogen and oxygen atoms in total. The van der Waals surface area contributed by atoms with E-state index in [1.54, 1.807) is 6.08 Å². The standard InChI is InChI=1S/C12H14O3/c1-12(2)6-5-9-10(15-12)4-3-8(7-13)11(9)14/h5-8H,3-4H2,1-2H3. The Bertz CT molecular complexity index is 374. The normalized spacial score (nSPS) is 28.4. The first-order chi connectivity index (χ1) is 7.03. The number of Topliss-reactive ketones (excluding diaryl/α,β-unsaturated/α-hetero) is 1. The van der Waals surface area contributed by atoms with Crippen LogP contribution in [-0.4, -0.2) is 17.7 Å². The zero-order valence-electron chi connectivity index (χ0n) is 8.95. The van der Waals surface area contributed by atoms with Gasteiger partial charge in [-0.25, -0.2) is 0 Å². The van der Waals surface area contributed by atoms with Crippen molar-refractivity contribution < 1.29 is 14.3 Å². The van der Waals surface area contributed by atoms with Gasteiger partial charge in [-0.2, -0.15) is 0 Å². The number of carbonyl (C=O) groups excluding carboxylic acids is 2. The van der Waals surface area contributed by atoms with Crippen molar-refractivity contribution in [1.29, 1.82) is 0 Å². The minimum Gasteiger partial charge on any atom is -0.487 e. The summed E-state index contributed by atoms with van der Waals surface area (Å²) in [4.78, 5) is 22.4. The lowest BCUT2D eigenvalue weighted by atomic mass is 9.85. The van der Waals surface area contributed by atoms with Crippen LogP contribution in [0.2, 0.25) is 0 Å². The maximum atomic E-state index is 11.8. The van der Waals surface area contributed by atoms with Gasteiger partial charge in [-0.1, -0.05) is 0 Å². The van der Waals surface area contributed by atoms with Crippen LogP contribution in [0.3, 0.4) is 0 Å². The molecular formula is C12H14O3. The molecule has 2 aliphatic rings. The van der Waals surface area contributed by atoms with Gasteiger partial charge >= 0.3 is 0 Å². The molecule has 0 aromatic rings. The Morgan fingerprint density at radius 1 is 1.53 bits per heavy atom. The molecule has 1 aliphatic heterocycles. The minimum absolute atomic E-state index is 0.0991. The van der Waals surface area contributed by atoms with Crippen LogP contribution in [0.25, 0.3) is 0 Å². The van der Waals surface area contributed by atoms with Crippen LogP contribution in [0.5, 0.6) is 0 Å². The Kier molecular flexibility index (Phi) is 2.25. The number of allylic oxidation sites excluding steroid dienone is 3. The summed E-state index contributed by atoms with van der Waals surface area (Å²) in [6, 6.07) is 0. The first-order valence-electron chi connectivity index (χ1n) is 5.14. The van der Waals surface area contributed by atoms with Gasteiger partial charge in [0, 0.05) is 6.42 Å². The number of rotatable bonds is 1. The molecule has 1 aliphatic carbocycles. The fourth-order valence-corrected chi connectivity index (χ4v) is 1.94. The fourth-order valence-electron chi connectivity index (χ4n) is 1.94. The van der Waals surface area contributed by atoms with Crippen molar-refractivity contribution in [3.05, 3.63) is 23.5 Å². The molecule has 0 saturated carbocycles. The lowest BCUT2D eigenvalue weighted by Crippen LogP contribution is -2.31. The molecule has 0 amide bonds. The zero-order chi connectivity index (χ0) is 11.1. The molecule has 1 unspecified atom stereocenters. The minimum atomic E-state index is -0.474. The number of hydrogen-bond donors (Lipinski definition) is 0. The van der Waals surface area contributed by atoms with Crippen LogP contribution in [0.4, 0.5) is 0 Å². The maximum absolute atomic E-state index is 11.8. The number of hydrogen-bond acceptors (Lipinski definition) is 3. The van der Waals surface area contributed by atoms with E-state index in [0.29, 0.717) is 18.4 Å². The van der Waals surface area contributed by atoms with Crippen LogP contribution < -0.4 is 0 Å². The van der Waals surface area contributed by atoms with Gasteiger partial charge in [0.05, 0.1) is 11.5 Å². The molecular weight excluding hydrogens is 192 g/mol. The van der Waals surface area contributed by atoms with Crippen LogP contribution >= 0.6 is 0 Å². The summed E-state index contributed by atoms with van der Waals surface area (Å²) in [5, 5.41) is 0. The molecule has 1 heterocycles. The lowest BCUT2D eigenvalue weighted by molar-refractivity contribution is -0.125. The highest BCUT2D eigenvalue weighted by atomic mass is 16.5. The average molecular weight is 206 g/mol. The fraction of sp³-hybridized carbons (Fsp3) is 0.500. The number of ketones is 1. The average Bonchev–Trinajstić information content (AvgIpc) is 2.16. The van der Waals surface area contributed by atoms with E-state index in [4.69, 9.17) is 4.74 Å². The largest absolute Gasteiger partial charge is 0.487 e. The van der Waals surface area contributed by atoms with Crippen LogP contribution in [0.15, 0.2) is 23.5 Å². The second-order valence-electron chi connectivity index (χ2n) is 4.52.